The first-order chi connectivity index (χ1) is 7.02. The number of aromatic nitrogens is 2. The van der Waals surface area contributed by atoms with Gasteiger partial charge in [-0.25, -0.2) is 4.98 Å². The van der Waals surface area contributed by atoms with E-state index >= 15 is 0 Å². The quantitative estimate of drug-likeness (QED) is 0.742. The molecule has 0 spiro atoms. The van der Waals surface area contributed by atoms with E-state index in [0.29, 0.717) is 10.9 Å². The van der Waals surface area contributed by atoms with Crippen LogP contribution in [0.1, 0.15) is 5.56 Å². The van der Waals surface area contributed by atoms with Crippen LogP contribution in [0.25, 0.3) is 11.0 Å². The van der Waals surface area contributed by atoms with Crippen molar-refractivity contribution in [2.24, 2.45) is 0 Å². The predicted molar refractivity (Wildman–Crippen MR) is 59.9 cm³/mol. The van der Waals surface area contributed by atoms with Crippen molar-refractivity contribution < 1.29 is 4.57 Å². The van der Waals surface area contributed by atoms with Gasteiger partial charge in [-0.3, -0.25) is 0 Å². The first-order valence-electron chi connectivity index (χ1n) is 4.45. The van der Waals surface area contributed by atoms with Crippen molar-refractivity contribution in [3.63, 3.8) is 0 Å². The lowest BCUT2D eigenvalue weighted by Crippen LogP contribution is -2.07. The molecule has 0 aliphatic heterocycles. The molecule has 1 aromatic heterocycles. The van der Waals surface area contributed by atoms with E-state index in [1.165, 1.54) is 0 Å². The SMILES string of the molecule is CP(C)(=O)c1cc2[nH]cnc2cc1C#N. The van der Waals surface area contributed by atoms with Crippen LogP contribution in [0.15, 0.2) is 18.5 Å². The molecule has 0 saturated carbocycles. The van der Waals surface area contributed by atoms with E-state index in [-0.39, 0.29) is 0 Å². The fourth-order valence-corrected chi connectivity index (χ4v) is 2.64. The highest BCUT2D eigenvalue weighted by Gasteiger charge is 2.17. The summed E-state index contributed by atoms with van der Waals surface area (Å²) in [7, 11) is -2.42. The molecular weight excluding hydrogens is 209 g/mol. The molecule has 0 aliphatic rings. The van der Waals surface area contributed by atoms with Gasteiger partial charge >= 0.3 is 0 Å². The number of hydrogen-bond donors (Lipinski definition) is 1. The Kier molecular flexibility index (Phi) is 2.13. The summed E-state index contributed by atoms with van der Waals surface area (Å²) in [6.45, 7) is 3.32. The smallest absolute Gasteiger partial charge is 0.111 e. The van der Waals surface area contributed by atoms with E-state index in [1.807, 2.05) is 0 Å². The zero-order valence-corrected chi connectivity index (χ0v) is 9.38. The van der Waals surface area contributed by atoms with Crippen LogP contribution in [0.4, 0.5) is 0 Å². The van der Waals surface area contributed by atoms with Crippen LogP contribution in [0.2, 0.25) is 0 Å². The molecule has 0 amide bonds. The second-order valence-corrected chi connectivity index (χ2v) is 6.94. The number of rotatable bonds is 1. The summed E-state index contributed by atoms with van der Waals surface area (Å²) in [4.78, 5) is 7.00. The number of nitrogens with one attached hydrogen (secondary N) is 1. The van der Waals surface area contributed by atoms with Gasteiger partial charge in [0, 0.05) is 5.30 Å². The third kappa shape index (κ3) is 1.67. The highest BCUT2D eigenvalue weighted by molar-refractivity contribution is 7.70. The Morgan fingerprint density at radius 3 is 2.80 bits per heavy atom. The van der Waals surface area contributed by atoms with Crippen molar-refractivity contribution in [2.75, 3.05) is 13.3 Å². The van der Waals surface area contributed by atoms with Gasteiger partial charge in [-0.15, -0.1) is 0 Å². The number of imidazole rings is 1. The molecule has 76 valence electrons. The lowest BCUT2D eigenvalue weighted by Gasteiger charge is -2.08. The van der Waals surface area contributed by atoms with Crippen molar-refractivity contribution in [3.8, 4) is 6.07 Å². The van der Waals surface area contributed by atoms with Crippen LogP contribution in [0.5, 0.6) is 0 Å². The Bertz CT molecular complexity index is 603. The molecule has 0 atom stereocenters. The lowest BCUT2D eigenvalue weighted by atomic mass is 10.2. The number of nitriles is 1. The van der Waals surface area contributed by atoms with Crippen LogP contribution >= 0.6 is 7.14 Å². The molecule has 0 fully saturated rings. The van der Waals surface area contributed by atoms with Crippen LogP contribution in [0.3, 0.4) is 0 Å². The summed E-state index contributed by atoms with van der Waals surface area (Å²) in [6, 6.07) is 5.48. The molecule has 5 heteroatoms. The first-order valence-corrected chi connectivity index (χ1v) is 7.05. The van der Waals surface area contributed by atoms with E-state index < -0.39 is 7.14 Å². The van der Waals surface area contributed by atoms with Crippen molar-refractivity contribution >= 4 is 23.5 Å². The molecule has 1 N–H and O–H groups in total. The van der Waals surface area contributed by atoms with E-state index in [2.05, 4.69) is 16.0 Å². The maximum Gasteiger partial charge on any atom is 0.111 e. The fourth-order valence-electron chi connectivity index (χ4n) is 1.51. The van der Waals surface area contributed by atoms with Gasteiger partial charge in [0.05, 0.1) is 29.0 Å². The van der Waals surface area contributed by atoms with Crippen molar-refractivity contribution in [3.05, 3.63) is 24.0 Å². The largest absolute Gasteiger partial charge is 0.345 e. The number of nitrogens with zero attached hydrogens (tertiary/aromatic N) is 2. The summed E-state index contributed by atoms with van der Waals surface area (Å²) in [5.41, 5.74) is 1.99. The molecule has 0 unspecified atom stereocenters. The third-order valence-corrected chi connectivity index (χ3v) is 3.77. The van der Waals surface area contributed by atoms with E-state index in [9.17, 15) is 4.57 Å². The molecule has 1 aromatic carbocycles. The average molecular weight is 219 g/mol. The molecule has 15 heavy (non-hydrogen) atoms. The summed E-state index contributed by atoms with van der Waals surface area (Å²) in [5, 5.41) is 9.58. The molecule has 0 bridgehead atoms. The van der Waals surface area contributed by atoms with Gasteiger partial charge in [-0.1, -0.05) is 0 Å². The zero-order chi connectivity index (χ0) is 11.1. The number of hydrogen-bond acceptors (Lipinski definition) is 3. The highest BCUT2D eigenvalue weighted by Crippen LogP contribution is 2.36. The van der Waals surface area contributed by atoms with Crippen molar-refractivity contribution in [2.45, 2.75) is 0 Å². The van der Waals surface area contributed by atoms with Gasteiger partial charge in [0.2, 0.25) is 0 Å². The summed E-state index contributed by atoms with van der Waals surface area (Å²) in [6.07, 6.45) is 1.56. The predicted octanol–water partition coefficient (Wildman–Crippen LogP) is 1.68. The molecule has 2 aromatic rings. The highest BCUT2D eigenvalue weighted by atomic mass is 31.2. The number of H-pyrrole nitrogens is 1. The number of aromatic amines is 1. The Morgan fingerprint density at radius 2 is 2.20 bits per heavy atom. The van der Waals surface area contributed by atoms with Crippen LogP contribution in [0, 0.1) is 11.3 Å². The van der Waals surface area contributed by atoms with E-state index in [0.717, 1.165) is 11.0 Å². The van der Waals surface area contributed by atoms with Gasteiger partial charge in [0.15, 0.2) is 0 Å². The Labute approximate surface area is 87.3 Å². The van der Waals surface area contributed by atoms with Gasteiger partial charge < -0.3 is 9.55 Å². The second kappa shape index (κ2) is 3.22. The van der Waals surface area contributed by atoms with E-state index in [1.54, 1.807) is 31.8 Å². The van der Waals surface area contributed by atoms with Gasteiger partial charge in [0.1, 0.15) is 7.14 Å². The van der Waals surface area contributed by atoms with Crippen LogP contribution in [-0.2, 0) is 4.57 Å². The van der Waals surface area contributed by atoms with Crippen LogP contribution < -0.4 is 5.30 Å². The molecule has 4 nitrogen and oxygen atoms in total. The number of fused-ring (bicyclic) bond motifs is 1. The normalized spacial score (nSPS) is 11.5. The Hall–Kier alpha value is -1.59. The van der Waals surface area contributed by atoms with Crippen LogP contribution in [-0.4, -0.2) is 23.3 Å². The monoisotopic (exact) mass is 219 g/mol. The summed E-state index contributed by atoms with van der Waals surface area (Å²) < 4.78 is 12.0. The molecule has 2 rings (SSSR count). The molecular formula is C10H10N3OP. The average Bonchev–Trinajstić information content (AvgIpc) is 2.60. The van der Waals surface area contributed by atoms with Gasteiger partial charge in [-0.05, 0) is 25.5 Å². The van der Waals surface area contributed by atoms with Gasteiger partial charge in [0.25, 0.3) is 0 Å². The lowest BCUT2D eigenvalue weighted by molar-refractivity contribution is 0.588. The summed E-state index contributed by atoms with van der Waals surface area (Å²) >= 11 is 0. The molecule has 0 aliphatic carbocycles. The second-order valence-electron chi connectivity index (χ2n) is 3.75. The minimum atomic E-state index is -2.42. The van der Waals surface area contributed by atoms with E-state index in [4.69, 9.17) is 5.26 Å². The standard InChI is InChI=1S/C10H10N3OP/c1-15(2,14)10-4-9-8(12-6-13-9)3-7(10)5-11/h3-4,6H,1-2H3,(H,12,13). The first kappa shape index (κ1) is 9.95. The van der Waals surface area contributed by atoms with Crippen molar-refractivity contribution in [1.29, 1.82) is 5.26 Å². The zero-order valence-electron chi connectivity index (χ0n) is 8.48. The minimum absolute atomic E-state index is 0.447. The number of benzene rings is 1. The third-order valence-electron chi connectivity index (χ3n) is 2.24. The fraction of sp³-hybridized carbons (Fsp3) is 0.200. The minimum Gasteiger partial charge on any atom is -0.345 e. The topological polar surface area (TPSA) is 69.5 Å². The molecule has 0 saturated heterocycles. The maximum atomic E-state index is 12.0. The maximum absolute atomic E-state index is 12.0. The molecule has 0 radical (unpaired) electrons. The molecule has 1 heterocycles. The van der Waals surface area contributed by atoms with Gasteiger partial charge in [-0.2, -0.15) is 5.26 Å². The summed E-state index contributed by atoms with van der Waals surface area (Å²) in [5.74, 6) is 0. The Balaban J connectivity index is 2.83. The Morgan fingerprint density at radius 1 is 1.47 bits per heavy atom. The van der Waals surface area contributed by atoms with Crippen molar-refractivity contribution in [1.82, 2.24) is 9.97 Å².